The van der Waals surface area contributed by atoms with Crippen molar-refractivity contribution < 1.29 is 28.6 Å². The summed E-state index contributed by atoms with van der Waals surface area (Å²) >= 11 is 4.19. The molecule has 0 aliphatic carbocycles. The maximum Gasteiger partial charge on any atom is 0.331 e. The van der Waals surface area contributed by atoms with Gasteiger partial charge in [-0.15, -0.1) is 28.2 Å². The van der Waals surface area contributed by atoms with E-state index >= 15 is 0 Å². The summed E-state index contributed by atoms with van der Waals surface area (Å²) in [5.41, 5.74) is -0.304. The molecule has 3 aromatic carbocycles. The molecular formula is C36H34N6O6S3. The molecule has 0 unspecified atom stereocenters. The van der Waals surface area contributed by atoms with Crippen LogP contribution < -0.4 is 5.32 Å². The van der Waals surface area contributed by atoms with Crippen molar-refractivity contribution in [1.29, 1.82) is 0 Å². The van der Waals surface area contributed by atoms with Crippen LogP contribution in [0.5, 0.6) is 0 Å². The van der Waals surface area contributed by atoms with Crippen molar-refractivity contribution in [1.82, 2.24) is 30.4 Å². The highest BCUT2D eigenvalue weighted by molar-refractivity contribution is 8.04. The molecule has 7 rings (SSSR count). The number of ether oxygens (including phenoxy) is 3. The van der Waals surface area contributed by atoms with Gasteiger partial charge in [0.05, 0.1) is 17.8 Å². The van der Waals surface area contributed by atoms with E-state index in [9.17, 15) is 14.4 Å². The van der Waals surface area contributed by atoms with Crippen molar-refractivity contribution in [2.24, 2.45) is 7.05 Å². The van der Waals surface area contributed by atoms with Gasteiger partial charge in [0.1, 0.15) is 0 Å². The van der Waals surface area contributed by atoms with Gasteiger partial charge >= 0.3 is 5.97 Å². The first kappa shape index (κ1) is 34.9. The van der Waals surface area contributed by atoms with E-state index in [1.807, 2.05) is 109 Å². The van der Waals surface area contributed by atoms with Crippen LogP contribution in [0.4, 0.5) is 0 Å². The quantitative estimate of drug-likeness (QED) is 0.0791. The van der Waals surface area contributed by atoms with Gasteiger partial charge in [0.25, 0.3) is 11.6 Å². The number of thioether (sulfide) groups is 2. The number of carbonyl (C=O) groups is 3. The van der Waals surface area contributed by atoms with Crippen molar-refractivity contribution in [3.63, 3.8) is 0 Å². The number of thiophene rings is 1. The number of hydrogen-bond acceptors (Lipinski definition) is 12. The summed E-state index contributed by atoms with van der Waals surface area (Å²) in [6.45, 7) is -0.00764. The molecule has 2 aliphatic rings. The van der Waals surface area contributed by atoms with Gasteiger partial charge in [-0.2, -0.15) is 0 Å². The predicted molar refractivity (Wildman–Crippen MR) is 192 cm³/mol. The van der Waals surface area contributed by atoms with Crippen LogP contribution >= 0.6 is 34.9 Å². The summed E-state index contributed by atoms with van der Waals surface area (Å²) in [5.74, 6) is -1.41. The van der Waals surface area contributed by atoms with Gasteiger partial charge in [-0.3, -0.25) is 14.5 Å². The summed E-state index contributed by atoms with van der Waals surface area (Å²) < 4.78 is 19.2. The molecule has 0 bridgehead atoms. The van der Waals surface area contributed by atoms with Crippen molar-refractivity contribution in [3.05, 3.63) is 125 Å². The van der Waals surface area contributed by atoms with Crippen LogP contribution in [0.15, 0.2) is 119 Å². The molecule has 2 aliphatic heterocycles. The van der Waals surface area contributed by atoms with Crippen molar-refractivity contribution in [2.75, 3.05) is 19.5 Å². The zero-order valence-corrected chi connectivity index (χ0v) is 30.1. The number of methoxy groups -OCH3 is 1. The minimum atomic E-state index is -1.84. The Kier molecular flexibility index (Phi) is 10.2. The molecule has 2 fully saturated rings. The normalized spacial score (nSPS) is 22.6. The van der Waals surface area contributed by atoms with Gasteiger partial charge in [-0.25, -0.2) is 9.48 Å². The van der Waals surface area contributed by atoms with Crippen LogP contribution in [0.3, 0.4) is 0 Å². The Labute approximate surface area is 306 Å². The zero-order chi connectivity index (χ0) is 35.4. The fourth-order valence-electron chi connectivity index (χ4n) is 6.30. The highest BCUT2D eigenvalue weighted by Crippen LogP contribution is 2.51. The van der Waals surface area contributed by atoms with E-state index in [1.54, 1.807) is 11.7 Å². The number of hydrogen-bond donors (Lipinski definition) is 1. The first-order valence-corrected chi connectivity index (χ1v) is 18.7. The molecule has 51 heavy (non-hydrogen) atoms. The number of benzene rings is 3. The number of nitrogens with zero attached hydrogens (tertiary/aromatic N) is 5. The van der Waals surface area contributed by atoms with Crippen molar-refractivity contribution in [3.8, 4) is 0 Å². The topological polar surface area (TPSA) is 138 Å². The monoisotopic (exact) mass is 742 g/mol. The Bertz CT molecular complexity index is 1930. The molecule has 15 heteroatoms. The zero-order valence-electron chi connectivity index (χ0n) is 27.7. The second-order valence-electron chi connectivity index (χ2n) is 12.0. The van der Waals surface area contributed by atoms with Gasteiger partial charge in [0, 0.05) is 29.7 Å². The lowest BCUT2D eigenvalue weighted by atomic mass is 9.87. The molecule has 0 radical (unpaired) electrons. The summed E-state index contributed by atoms with van der Waals surface area (Å²) in [5, 5.41) is 17.1. The highest BCUT2D eigenvalue weighted by atomic mass is 32.2. The molecule has 4 atom stereocenters. The van der Waals surface area contributed by atoms with E-state index in [1.165, 1.54) is 46.9 Å². The largest absolute Gasteiger partial charge is 0.451 e. The third-order valence-corrected chi connectivity index (χ3v) is 12.5. The fraction of sp³-hybridized carbons (Fsp3) is 0.278. The van der Waals surface area contributed by atoms with E-state index in [4.69, 9.17) is 14.2 Å². The molecule has 0 saturated carbocycles. The first-order valence-electron chi connectivity index (χ1n) is 16.1. The number of aryl methyl sites for hydroxylation is 1. The third-order valence-electron chi connectivity index (χ3n) is 8.73. The Morgan fingerprint density at radius 2 is 1.67 bits per heavy atom. The number of β-lactam (4-membered cyclic amide) rings is 1. The number of esters is 1. The van der Waals surface area contributed by atoms with Gasteiger partial charge in [0.2, 0.25) is 11.1 Å². The average Bonchev–Trinajstić information content (AvgIpc) is 3.84. The van der Waals surface area contributed by atoms with E-state index < -0.39 is 46.6 Å². The van der Waals surface area contributed by atoms with Crippen LogP contribution in [0.1, 0.15) is 22.1 Å². The molecule has 2 aromatic heterocycles. The highest BCUT2D eigenvalue weighted by Gasteiger charge is 2.72. The van der Waals surface area contributed by atoms with Gasteiger partial charge in [-0.1, -0.05) is 96.7 Å². The summed E-state index contributed by atoms with van der Waals surface area (Å²) in [6.07, 6.45) is -1.83. The molecule has 1 N–H and O–H groups in total. The molecule has 262 valence electrons. The lowest BCUT2D eigenvalue weighted by molar-refractivity contribution is -0.288. The fourth-order valence-corrected chi connectivity index (χ4v) is 9.55. The van der Waals surface area contributed by atoms with Gasteiger partial charge < -0.3 is 19.5 Å². The number of nitrogens with one attached hydrogen (secondary N) is 1. The number of rotatable bonds is 13. The minimum absolute atomic E-state index is 0.00764. The SMILES string of the molecule is CO[C@@]1(NC(=O)Cc2cccs2)C(=O)N2[C@@H](C(=O)OC(c3ccccc3)c3ccccc3)[C@](CSc3nnnn3C)(Sc3ccccc3)CO[C@@H]21. The number of amides is 2. The van der Waals surface area contributed by atoms with E-state index in [0.29, 0.717) is 5.16 Å². The number of fused-ring (bicyclic) bond motifs is 1. The maximum atomic E-state index is 15.0. The first-order chi connectivity index (χ1) is 24.8. The van der Waals surface area contributed by atoms with E-state index in [2.05, 4.69) is 20.8 Å². The van der Waals surface area contributed by atoms with Crippen LogP contribution in [0, 0.1) is 0 Å². The molecule has 12 nitrogen and oxygen atoms in total. The Balaban J connectivity index is 1.28. The summed E-state index contributed by atoms with van der Waals surface area (Å²) in [6, 6.07) is 31.0. The van der Waals surface area contributed by atoms with Crippen molar-refractivity contribution in [2.45, 2.75) is 45.3 Å². The van der Waals surface area contributed by atoms with Gasteiger partial charge in [0.15, 0.2) is 18.4 Å². The molecule has 0 spiro atoms. The summed E-state index contributed by atoms with van der Waals surface area (Å²) in [4.78, 5) is 45.8. The second kappa shape index (κ2) is 15.0. The Hall–Kier alpha value is -4.54. The molecule has 2 amide bonds. The maximum absolute atomic E-state index is 15.0. The third kappa shape index (κ3) is 6.91. The van der Waals surface area contributed by atoms with Crippen molar-refractivity contribution >= 4 is 52.6 Å². The van der Waals surface area contributed by atoms with Crippen LogP contribution in [-0.4, -0.2) is 85.1 Å². The molecule has 4 heterocycles. The minimum Gasteiger partial charge on any atom is -0.451 e. The lowest BCUT2D eigenvalue weighted by Crippen LogP contribution is -2.88. The standard InChI is InChI=1S/C36H34N6O6S3/c1-41-34(38-39-40-41)50-23-35(51-26-17-10-5-11-18-26)22-47-33-36(46-2,37-28(43)21-27-19-12-20-49-27)32(45)42(33)30(35)31(44)48-29(24-13-6-3-7-14-24)25-15-8-4-9-16-25/h3-20,29-30,33H,21-23H2,1-2H3,(H,37,43)/t30-,33+,35-,36-/m0/s1. The van der Waals surface area contributed by atoms with E-state index in [-0.39, 0.29) is 18.8 Å². The number of carbonyl (C=O) groups excluding carboxylic acids is 3. The average molecular weight is 743 g/mol. The van der Waals surface area contributed by atoms with Crippen LogP contribution in [-0.2, 0) is 42.1 Å². The number of aromatic nitrogens is 4. The lowest BCUT2D eigenvalue weighted by Gasteiger charge is -2.61. The van der Waals surface area contributed by atoms with Crippen LogP contribution in [0.25, 0.3) is 0 Å². The van der Waals surface area contributed by atoms with E-state index in [0.717, 1.165) is 20.9 Å². The molecule has 5 aromatic rings. The Morgan fingerprint density at radius 3 is 2.25 bits per heavy atom. The smallest absolute Gasteiger partial charge is 0.331 e. The van der Waals surface area contributed by atoms with Gasteiger partial charge in [-0.05, 0) is 45.1 Å². The second-order valence-corrected chi connectivity index (χ2v) is 15.5. The predicted octanol–water partition coefficient (Wildman–Crippen LogP) is 4.50. The number of tetrazole rings is 1. The van der Waals surface area contributed by atoms with Crippen LogP contribution in [0.2, 0.25) is 0 Å². The molecular weight excluding hydrogens is 709 g/mol. The molecule has 2 saturated heterocycles. The summed E-state index contributed by atoms with van der Waals surface area (Å²) in [7, 11) is 3.07. The Morgan fingerprint density at radius 1 is 1.00 bits per heavy atom.